The first-order valence-corrected chi connectivity index (χ1v) is 12.4. The number of carbonyl (C=O) groups is 2. The number of ether oxygens (including phenoxy) is 2. The van der Waals surface area contributed by atoms with Crippen molar-refractivity contribution in [2.24, 2.45) is 0 Å². The summed E-state index contributed by atoms with van der Waals surface area (Å²) >= 11 is 6.37. The van der Waals surface area contributed by atoms with Crippen molar-refractivity contribution in [1.29, 1.82) is 5.26 Å². The maximum absolute atomic E-state index is 12.6. The SMILES string of the molecule is COc1ccccc1COC(=O)N1CCN(c2ncc(-c3ccc(C(=O)N(C)C)c(Cl)c3)cc2C#N)CC1. The largest absolute Gasteiger partial charge is 0.496 e. The van der Waals surface area contributed by atoms with Gasteiger partial charge in [-0.2, -0.15) is 5.26 Å². The van der Waals surface area contributed by atoms with Crippen LogP contribution in [-0.4, -0.2) is 74.2 Å². The van der Waals surface area contributed by atoms with Gasteiger partial charge in [-0.05, 0) is 29.8 Å². The minimum atomic E-state index is -0.396. The number of nitrogens with zero attached hydrogens (tertiary/aromatic N) is 5. The molecule has 1 fully saturated rings. The molecule has 2 amide bonds. The molecule has 0 atom stereocenters. The summed E-state index contributed by atoms with van der Waals surface area (Å²) in [5.74, 6) is 1.04. The second-order valence-electron chi connectivity index (χ2n) is 8.94. The average Bonchev–Trinajstić information content (AvgIpc) is 2.95. The standard InChI is InChI=1S/C28H28ClN5O4/c1-32(2)27(35)23-9-8-19(15-24(23)29)22-14-21(16-30)26(31-17-22)33-10-12-34(13-11-33)28(36)38-18-20-6-4-5-7-25(20)37-3/h4-9,14-15,17H,10-13,18H2,1-3H3. The van der Waals surface area contributed by atoms with Crippen molar-refractivity contribution in [3.63, 3.8) is 0 Å². The zero-order valence-electron chi connectivity index (χ0n) is 21.5. The third kappa shape index (κ3) is 5.82. The monoisotopic (exact) mass is 533 g/mol. The molecular weight excluding hydrogens is 506 g/mol. The van der Waals surface area contributed by atoms with Gasteiger partial charge in [0.25, 0.3) is 5.91 Å². The smallest absolute Gasteiger partial charge is 0.410 e. The molecule has 0 bridgehead atoms. The Morgan fingerprint density at radius 3 is 2.47 bits per heavy atom. The number of amides is 2. The normalized spacial score (nSPS) is 13.0. The molecular formula is C28H28ClN5O4. The van der Waals surface area contributed by atoms with Crippen molar-refractivity contribution in [2.75, 3.05) is 52.3 Å². The van der Waals surface area contributed by atoms with Crippen molar-refractivity contribution >= 4 is 29.4 Å². The van der Waals surface area contributed by atoms with E-state index < -0.39 is 6.09 Å². The van der Waals surface area contributed by atoms with Gasteiger partial charge in [-0.3, -0.25) is 4.79 Å². The van der Waals surface area contributed by atoms with Gasteiger partial charge < -0.3 is 24.2 Å². The molecule has 10 heteroatoms. The quantitative estimate of drug-likeness (QED) is 0.462. The van der Waals surface area contributed by atoms with Crippen molar-refractivity contribution in [3.05, 3.63) is 76.4 Å². The number of methoxy groups -OCH3 is 1. The number of hydrogen-bond acceptors (Lipinski definition) is 7. The first kappa shape index (κ1) is 26.8. The molecule has 0 unspecified atom stereocenters. The van der Waals surface area contributed by atoms with Crippen molar-refractivity contribution in [1.82, 2.24) is 14.8 Å². The van der Waals surface area contributed by atoms with Crippen LogP contribution in [0.2, 0.25) is 5.02 Å². The molecule has 0 saturated carbocycles. The van der Waals surface area contributed by atoms with E-state index in [9.17, 15) is 14.9 Å². The highest BCUT2D eigenvalue weighted by Crippen LogP contribution is 2.29. The molecule has 2 aromatic carbocycles. The van der Waals surface area contributed by atoms with Crippen LogP contribution in [0.4, 0.5) is 10.6 Å². The molecule has 38 heavy (non-hydrogen) atoms. The second kappa shape index (κ2) is 11.8. The van der Waals surface area contributed by atoms with E-state index in [-0.39, 0.29) is 12.5 Å². The lowest BCUT2D eigenvalue weighted by Gasteiger charge is -2.35. The predicted octanol–water partition coefficient (Wildman–Crippen LogP) is 4.44. The number of nitriles is 1. The summed E-state index contributed by atoms with van der Waals surface area (Å²) in [6.45, 7) is 2.03. The van der Waals surface area contributed by atoms with Gasteiger partial charge in [-0.15, -0.1) is 0 Å². The maximum atomic E-state index is 12.6. The molecule has 1 aliphatic heterocycles. The molecule has 1 aromatic heterocycles. The Morgan fingerprint density at radius 2 is 1.82 bits per heavy atom. The summed E-state index contributed by atoms with van der Waals surface area (Å²) in [7, 11) is 4.91. The van der Waals surface area contributed by atoms with Crippen LogP contribution < -0.4 is 9.64 Å². The van der Waals surface area contributed by atoms with Crippen LogP contribution in [0.3, 0.4) is 0 Å². The van der Waals surface area contributed by atoms with Crippen LogP contribution in [0.25, 0.3) is 11.1 Å². The highest BCUT2D eigenvalue weighted by Gasteiger charge is 2.25. The van der Waals surface area contributed by atoms with Crippen molar-refractivity contribution in [3.8, 4) is 22.9 Å². The number of pyridine rings is 1. The van der Waals surface area contributed by atoms with E-state index in [1.807, 2.05) is 29.2 Å². The number of halogens is 1. The van der Waals surface area contributed by atoms with Crippen LogP contribution in [0.5, 0.6) is 5.75 Å². The molecule has 0 spiro atoms. The van der Waals surface area contributed by atoms with Crippen molar-refractivity contribution < 1.29 is 19.1 Å². The summed E-state index contributed by atoms with van der Waals surface area (Å²) in [5, 5.41) is 10.2. The molecule has 1 saturated heterocycles. The number of rotatable bonds is 6. The van der Waals surface area contributed by atoms with E-state index in [2.05, 4.69) is 11.1 Å². The van der Waals surface area contributed by atoms with E-state index in [4.69, 9.17) is 21.1 Å². The first-order chi connectivity index (χ1) is 18.3. The van der Waals surface area contributed by atoms with Crippen LogP contribution in [-0.2, 0) is 11.3 Å². The highest BCUT2D eigenvalue weighted by atomic mass is 35.5. The lowest BCUT2D eigenvalue weighted by atomic mass is 10.0. The Balaban J connectivity index is 1.41. The van der Waals surface area contributed by atoms with Gasteiger partial charge in [0.1, 0.15) is 24.2 Å². The zero-order chi connectivity index (χ0) is 27.2. The number of para-hydroxylation sites is 1. The molecule has 196 valence electrons. The van der Waals surface area contributed by atoms with Crippen LogP contribution >= 0.6 is 11.6 Å². The molecule has 0 radical (unpaired) electrons. The molecule has 0 aliphatic carbocycles. The molecule has 3 aromatic rings. The highest BCUT2D eigenvalue weighted by molar-refractivity contribution is 6.34. The Kier molecular flexibility index (Phi) is 8.34. The van der Waals surface area contributed by atoms with Gasteiger partial charge in [0.05, 0.1) is 23.3 Å². The molecule has 9 nitrogen and oxygen atoms in total. The topological polar surface area (TPSA) is 99.0 Å². The third-order valence-corrected chi connectivity index (χ3v) is 6.62. The van der Waals surface area contributed by atoms with Gasteiger partial charge in [0, 0.05) is 57.6 Å². The summed E-state index contributed by atoms with van der Waals surface area (Å²) in [6, 6.07) is 16.6. The minimum absolute atomic E-state index is 0.124. The van der Waals surface area contributed by atoms with Gasteiger partial charge >= 0.3 is 6.09 Å². The van der Waals surface area contributed by atoms with Gasteiger partial charge in [-0.25, -0.2) is 9.78 Å². The molecule has 1 aliphatic rings. The van der Waals surface area contributed by atoms with Gasteiger partial charge in [0.15, 0.2) is 0 Å². The lowest BCUT2D eigenvalue weighted by molar-refractivity contribution is 0.0827. The third-order valence-electron chi connectivity index (χ3n) is 6.31. The molecule has 4 rings (SSSR count). The fraction of sp³-hybridized carbons (Fsp3) is 0.286. The van der Waals surface area contributed by atoms with Gasteiger partial charge in [0.2, 0.25) is 0 Å². The summed E-state index contributed by atoms with van der Waals surface area (Å²) < 4.78 is 10.8. The van der Waals surface area contributed by atoms with E-state index in [0.29, 0.717) is 53.9 Å². The maximum Gasteiger partial charge on any atom is 0.410 e. The first-order valence-electron chi connectivity index (χ1n) is 12.0. The Labute approximate surface area is 226 Å². The lowest BCUT2D eigenvalue weighted by Crippen LogP contribution is -2.49. The summed E-state index contributed by atoms with van der Waals surface area (Å²) in [5.41, 5.74) is 3.09. The van der Waals surface area contributed by atoms with E-state index in [0.717, 1.165) is 16.7 Å². The average molecular weight is 534 g/mol. The predicted molar refractivity (Wildman–Crippen MR) is 144 cm³/mol. The Bertz CT molecular complexity index is 1380. The zero-order valence-corrected chi connectivity index (χ0v) is 22.2. The number of carbonyl (C=O) groups excluding carboxylic acids is 2. The van der Waals surface area contributed by atoms with Crippen LogP contribution in [0.1, 0.15) is 21.5 Å². The van der Waals surface area contributed by atoms with Crippen molar-refractivity contribution in [2.45, 2.75) is 6.61 Å². The Hall–Kier alpha value is -4.29. The van der Waals surface area contributed by atoms with E-state index in [1.165, 1.54) is 4.90 Å². The Morgan fingerprint density at radius 1 is 1.08 bits per heavy atom. The van der Waals surface area contributed by atoms with Crippen LogP contribution in [0.15, 0.2) is 54.7 Å². The number of benzene rings is 2. The number of anilines is 1. The van der Waals surface area contributed by atoms with E-state index >= 15 is 0 Å². The molecule has 2 heterocycles. The summed E-state index contributed by atoms with van der Waals surface area (Å²) in [6.07, 6.45) is 1.29. The molecule has 0 N–H and O–H groups in total. The van der Waals surface area contributed by atoms with Gasteiger partial charge in [-0.1, -0.05) is 35.9 Å². The fourth-order valence-electron chi connectivity index (χ4n) is 4.21. The van der Waals surface area contributed by atoms with E-state index in [1.54, 1.807) is 56.6 Å². The van der Waals surface area contributed by atoms with Crippen LogP contribution in [0, 0.1) is 11.3 Å². The number of hydrogen-bond donors (Lipinski definition) is 0. The number of aromatic nitrogens is 1. The minimum Gasteiger partial charge on any atom is -0.496 e. The fourth-order valence-corrected chi connectivity index (χ4v) is 4.47. The second-order valence-corrected chi connectivity index (χ2v) is 9.35. The summed E-state index contributed by atoms with van der Waals surface area (Å²) in [4.78, 5) is 34.5. The number of piperazine rings is 1.